The van der Waals surface area contributed by atoms with Crippen molar-refractivity contribution in [2.75, 3.05) is 20.1 Å². The summed E-state index contributed by atoms with van der Waals surface area (Å²) in [6, 6.07) is 0.762. The van der Waals surface area contributed by atoms with Gasteiger partial charge >= 0.3 is 9.28 Å². The second kappa shape index (κ2) is 6.43. The van der Waals surface area contributed by atoms with Gasteiger partial charge in [-0.3, -0.25) is 0 Å². The lowest BCUT2D eigenvalue weighted by Crippen LogP contribution is -2.23. The van der Waals surface area contributed by atoms with Crippen molar-refractivity contribution < 1.29 is 8.85 Å². The molecule has 0 aromatic rings. The van der Waals surface area contributed by atoms with Crippen molar-refractivity contribution in [3.8, 4) is 0 Å². The SMILES string of the molecule is CO[SiH](CC(Cl)CCl)OC. The molecule has 62 valence electrons. The molecule has 0 amide bonds. The molecule has 0 aliphatic heterocycles. The van der Waals surface area contributed by atoms with Crippen molar-refractivity contribution >= 4 is 32.5 Å². The Morgan fingerprint density at radius 3 is 2.20 bits per heavy atom. The van der Waals surface area contributed by atoms with Crippen molar-refractivity contribution in [2.24, 2.45) is 0 Å². The van der Waals surface area contributed by atoms with Crippen LogP contribution in [-0.4, -0.2) is 34.8 Å². The molecule has 0 heterocycles. The van der Waals surface area contributed by atoms with Crippen LogP contribution in [-0.2, 0) is 8.85 Å². The first-order valence-electron chi connectivity index (χ1n) is 3.00. The van der Waals surface area contributed by atoms with Gasteiger partial charge in [0.05, 0.1) is 0 Å². The molecular weight excluding hydrogens is 191 g/mol. The fourth-order valence-corrected chi connectivity index (χ4v) is 2.50. The summed E-state index contributed by atoms with van der Waals surface area (Å²) in [5, 5.41) is -0.0155. The van der Waals surface area contributed by atoms with Gasteiger partial charge in [-0.1, -0.05) is 0 Å². The summed E-state index contributed by atoms with van der Waals surface area (Å²) in [6.45, 7) is 0. The first-order chi connectivity index (χ1) is 4.74. The van der Waals surface area contributed by atoms with Gasteiger partial charge in [0, 0.05) is 31.5 Å². The fraction of sp³-hybridized carbons (Fsp3) is 1.00. The van der Waals surface area contributed by atoms with Crippen molar-refractivity contribution in [1.82, 2.24) is 0 Å². The van der Waals surface area contributed by atoms with Crippen LogP contribution >= 0.6 is 23.2 Å². The quantitative estimate of drug-likeness (QED) is 0.496. The van der Waals surface area contributed by atoms with Crippen LogP contribution in [0.4, 0.5) is 0 Å². The standard InChI is InChI=1S/C5H12Cl2O2Si/c1-8-10(9-2)4-5(7)3-6/h5,10H,3-4H2,1-2H3. The van der Waals surface area contributed by atoms with Crippen LogP contribution < -0.4 is 0 Å². The van der Waals surface area contributed by atoms with Gasteiger partial charge in [-0.15, -0.1) is 23.2 Å². The lowest BCUT2D eigenvalue weighted by Gasteiger charge is -2.12. The number of halogens is 2. The number of rotatable bonds is 5. The second-order valence-electron chi connectivity index (χ2n) is 1.89. The summed E-state index contributed by atoms with van der Waals surface area (Å²) in [5.74, 6) is 0.456. The van der Waals surface area contributed by atoms with Crippen molar-refractivity contribution in [3.05, 3.63) is 0 Å². The molecule has 1 atom stereocenters. The third-order valence-corrected chi connectivity index (χ3v) is 4.31. The van der Waals surface area contributed by atoms with E-state index in [1.165, 1.54) is 0 Å². The highest BCUT2D eigenvalue weighted by Crippen LogP contribution is 2.08. The molecule has 0 aromatic carbocycles. The monoisotopic (exact) mass is 202 g/mol. The van der Waals surface area contributed by atoms with E-state index < -0.39 is 9.28 Å². The molecule has 5 heteroatoms. The van der Waals surface area contributed by atoms with Crippen LogP contribution in [0.5, 0.6) is 0 Å². The average Bonchev–Trinajstić information content (AvgIpc) is 1.99. The van der Waals surface area contributed by atoms with Gasteiger partial charge in [0.25, 0.3) is 0 Å². The Morgan fingerprint density at radius 1 is 1.40 bits per heavy atom. The first kappa shape index (κ1) is 10.7. The summed E-state index contributed by atoms with van der Waals surface area (Å²) in [4.78, 5) is 0. The molecular formula is C5H12Cl2O2Si. The van der Waals surface area contributed by atoms with Crippen LogP contribution in [0, 0.1) is 0 Å². The Balaban J connectivity index is 3.41. The summed E-state index contributed by atoms with van der Waals surface area (Å²) in [7, 11) is 1.79. The van der Waals surface area contributed by atoms with Crippen LogP contribution in [0.1, 0.15) is 0 Å². The Labute approximate surface area is 73.3 Å². The van der Waals surface area contributed by atoms with Crippen molar-refractivity contribution in [1.29, 1.82) is 0 Å². The summed E-state index contributed by atoms with van der Waals surface area (Å²) in [5.41, 5.74) is 0. The third-order valence-electron chi connectivity index (χ3n) is 1.14. The molecule has 10 heavy (non-hydrogen) atoms. The molecule has 0 saturated carbocycles. The van der Waals surface area contributed by atoms with Gasteiger partial charge in [0.1, 0.15) is 0 Å². The number of hydrogen-bond acceptors (Lipinski definition) is 2. The molecule has 0 aliphatic carbocycles. The molecule has 0 radical (unpaired) electrons. The van der Waals surface area contributed by atoms with Gasteiger partial charge in [0.15, 0.2) is 0 Å². The van der Waals surface area contributed by atoms with E-state index in [2.05, 4.69) is 0 Å². The molecule has 0 aliphatic rings. The van der Waals surface area contributed by atoms with E-state index in [4.69, 9.17) is 32.1 Å². The summed E-state index contributed by atoms with van der Waals surface area (Å²) >= 11 is 11.2. The van der Waals surface area contributed by atoms with Gasteiger partial charge in [-0.25, -0.2) is 0 Å². The summed E-state index contributed by atoms with van der Waals surface area (Å²) in [6.07, 6.45) is 0. The molecule has 0 rings (SSSR count). The van der Waals surface area contributed by atoms with E-state index in [1.54, 1.807) is 14.2 Å². The zero-order valence-electron chi connectivity index (χ0n) is 6.14. The number of alkyl halides is 2. The maximum Gasteiger partial charge on any atom is 0.322 e. The minimum atomic E-state index is -1.48. The smallest absolute Gasteiger partial charge is 0.322 e. The number of hydrogen-bond donors (Lipinski definition) is 0. The van der Waals surface area contributed by atoms with Crippen LogP contribution in [0.2, 0.25) is 6.04 Å². The van der Waals surface area contributed by atoms with E-state index in [9.17, 15) is 0 Å². The normalized spacial score (nSPS) is 14.1. The van der Waals surface area contributed by atoms with E-state index in [0.717, 1.165) is 6.04 Å². The zero-order valence-corrected chi connectivity index (χ0v) is 8.81. The van der Waals surface area contributed by atoms with Crippen molar-refractivity contribution in [3.63, 3.8) is 0 Å². The molecule has 2 nitrogen and oxygen atoms in total. The Kier molecular flexibility index (Phi) is 6.89. The van der Waals surface area contributed by atoms with Crippen LogP contribution in [0.3, 0.4) is 0 Å². The minimum absolute atomic E-state index is 0.0155. The average molecular weight is 203 g/mol. The molecule has 0 fully saturated rings. The van der Waals surface area contributed by atoms with Gasteiger partial charge in [-0.2, -0.15) is 0 Å². The van der Waals surface area contributed by atoms with Crippen LogP contribution in [0.15, 0.2) is 0 Å². The van der Waals surface area contributed by atoms with E-state index in [0.29, 0.717) is 5.88 Å². The summed E-state index contributed by atoms with van der Waals surface area (Å²) < 4.78 is 10.1. The minimum Gasteiger partial charge on any atom is -0.400 e. The Hall–Kier alpha value is 0.717. The van der Waals surface area contributed by atoms with Gasteiger partial charge in [-0.05, 0) is 0 Å². The van der Waals surface area contributed by atoms with E-state index in [1.807, 2.05) is 0 Å². The molecule has 0 spiro atoms. The highest BCUT2D eigenvalue weighted by molar-refractivity contribution is 6.47. The largest absolute Gasteiger partial charge is 0.400 e. The molecule has 0 saturated heterocycles. The Bertz CT molecular complexity index is 80.0. The highest BCUT2D eigenvalue weighted by atomic mass is 35.5. The first-order valence-corrected chi connectivity index (χ1v) is 5.73. The fourth-order valence-electron chi connectivity index (χ4n) is 0.560. The molecule has 1 unspecified atom stereocenters. The maximum absolute atomic E-state index is 5.76. The Morgan fingerprint density at radius 2 is 1.90 bits per heavy atom. The topological polar surface area (TPSA) is 18.5 Å². The lowest BCUT2D eigenvalue weighted by molar-refractivity contribution is 0.277. The third kappa shape index (κ3) is 4.52. The zero-order chi connectivity index (χ0) is 7.98. The molecule has 0 N–H and O–H groups in total. The van der Waals surface area contributed by atoms with Gasteiger partial charge in [0.2, 0.25) is 0 Å². The molecule has 0 aromatic heterocycles. The predicted octanol–water partition coefficient (Wildman–Crippen LogP) is 1.35. The second-order valence-corrected chi connectivity index (χ2v) is 5.09. The molecule has 0 bridgehead atoms. The van der Waals surface area contributed by atoms with E-state index in [-0.39, 0.29) is 5.38 Å². The maximum atomic E-state index is 5.76. The predicted molar refractivity (Wildman–Crippen MR) is 46.3 cm³/mol. The lowest BCUT2D eigenvalue weighted by atomic mass is 10.6. The highest BCUT2D eigenvalue weighted by Gasteiger charge is 2.14. The van der Waals surface area contributed by atoms with Crippen molar-refractivity contribution in [2.45, 2.75) is 11.4 Å². The van der Waals surface area contributed by atoms with Gasteiger partial charge < -0.3 is 8.85 Å². The van der Waals surface area contributed by atoms with E-state index >= 15 is 0 Å². The van der Waals surface area contributed by atoms with Crippen LogP contribution in [0.25, 0.3) is 0 Å².